The molecule has 0 bridgehead atoms. The SMILES string of the molecule is CC(C)(C)c1ccc(-c2cc3c4c(c2)N(c2ccc5c(c2)OCCO5)c2cc5c(cc2B4c2cc4c(cc2N3c2ccc3c(c2)OCCO3)OCCO4)OCCO5)cc1. The number of hydrogen-bond donors (Lipinski definition) is 0. The van der Waals surface area contributed by atoms with E-state index in [1.165, 1.54) is 5.56 Å². The Morgan fingerprint density at radius 1 is 0.390 bits per heavy atom. The van der Waals surface area contributed by atoms with Crippen LogP contribution >= 0.6 is 0 Å². The van der Waals surface area contributed by atoms with Gasteiger partial charge in [-0.2, -0.15) is 0 Å². The third-order valence-electron chi connectivity index (χ3n) is 12.0. The second kappa shape index (κ2) is 12.9. The summed E-state index contributed by atoms with van der Waals surface area (Å²) < 4.78 is 49.6. The average molecular weight is 785 g/mol. The normalized spacial score (nSPS) is 16.5. The van der Waals surface area contributed by atoms with E-state index in [0.717, 1.165) is 84.6 Å². The van der Waals surface area contributed by atoms with Gasteiger partial charge in [-0.05, 0) is 87.0 Å². The van der Waals surface area contributed by atoms with Crippen molar-refractivity contribution in [2.24, 2.45) is 0 Å². The Morgan fingerprint density at radius 3 is 1.20 bits per heavy atom. The Bertz CT molecular complexity index is 2560. The molecule has 11 heteroatoms. The van der Waals surface area contributed by atoms with Crippen molar-refractivity contribution < 1.29 is 37.9 Å². The first-order valence-electron chi connectivity index (χ1n) is 20.4. The smallest absolute Gasteiger partial charge is 0.252 e. The molecule has 0 atom stereocenters. The van der Waals surface area contributed by atoms with Gasteiger partial charge in [-0.25, -0.2) is 0 Å². The highest BCUT2D eigenvalue weighted by atomic mass is 16.6. The van der Waals surface area contributed by atoms with Gasteiger partial charge in [-0.15, -0.1) is 0 Å². The van der Waals surface area contributed by atoms with Crippen LogP contribution in [-0.4, -0.2) is 59.6 Å². The predicted molar refractivity (Wildman–Crippen MR) is 229 cm³/mol. The van der Waals surface area contributed by atoms with Crippen molar-refractivity contribution in [2.45, 2.75) is 26.2 Å². The molecule has 6 aromatic rings. The molecule has 6 aliphatic rings. The number of hydrogen-bond acceptors (Lipinski definition) is 10. The quantitative estimate of drug-likeness (QED) is 0.166. The fourth-order valence-electron chi connectivity index (χ4n) is 9.29. The fraction of sp³-hybridized carbons (Fsp3) is 0.250. The van der Waals surface area contributed by atoms with Crippen molar-refractivity contribution in [1.29, 1.82) is 0 Å². The summed E-state index contributed by atoms with van der Waals surface area (Å²) in [5, 5.41) is 0. The zero-order valence-corrected chi connectivity index (χ0v) is 33.1. The van der Waals surface area contributed by atoms with E-state index in [2.05, 4.69) is 116 Å². The van der Waals surface area contributed by atoms with Gasteiger partial charge in [0.05, 0.1) is 11.4 Å². The lowest BCUT2D eigenvalue weighted by molar-refractivity contribution is 0.171. The first-order valence-corrected chi connectivity index (χ1v) is 20.4. The second-order valence-electron chi connectivity index (χ2n) is 16.6. The van der Waals surface area contributed by atoms with Gasteiger partial charge in [-0.1, -0.05) is 45.0 Å². The number of rotatable bonds is 3. The number of nitrogens with zero attached hydrogens (tertiary/aromatic N) is 2. The van der Waals surface area contributed by atoms with Crippen LogP contribution < -0.4 is 64.1 Å². The first kappa shape index (κ1) is 34.4. The molecule has 0 spiro atoms. The maximum atomic E-state index is 6.31. The molecule has 0 radical (unpaired) electrons. The molecule has 6 aliphatic heterocycles. The first-order chi connectivity index (χ1) is 28.9. The van der Waals surface area contributed by atoms with E-state index < -0.39 is 0 Å². The summed E-state index contributed by atoms with van der Waals surface area (Å²) in [7, 11) is 0. The number of anilines is 6. The molecule has 10 nitrogen and oxygen atoms in total. The number of benzene rings is 6. The average Bonchev–Trinajstić information content (AvgIpc) is 3.27. The molecule has 0 saturated carbocycles. The van der Waals surface area contributed by atoms with Crippen LogP contribution in [0.2, 0.25) is 0 Å². The molecule has 294 valence electrons. The molecule has 0 N–H and O–H groups in total. The van der Waals surface area contributed by atoms with Gasteiger partial charge < -0.3 is 47.7 Å². The van der Waals surface area contributed by atoms with Crippen LogP contribution in [0, 0.1) is 0 Å². The summed E-state index contributed by atoms with van der Waals surface area (Å²) in [6, 6.07) is 34.7. The Kier molecular flexibility index (Phi) is 7.55. The summed E-state index contributed by atoms with van der Waals surface area (Å²) >= 11 is 0. The molecule has 0 unspecified atom stereocenters. The zero-order chi connectivity index (χ0) is 39.4. The lowest BCUT2D eigenvalue weighted by atomic mass is 9.33. The third-order valence-corrected chi connectivity index (χ3v) is 12.0. The largest absolute Gasteiger partial charge is 0.486 e. The Hall–Kier alpha value is -6.62. The van der Waals surface area contributed by atoms with Crippen LogP contribution in [0.25, 0.3) is 11.1 Å². The molecular weight excluding hydrogens is 743 g/mol. The number of ether oxygens (including phenoxy) is 8. The van der Waals surface area contributed by atoms with Gasteiger partial charge in [0.1, 0.15) is 52.9 Å². The lowest BCUT2D eigenvalue weighted by Crippen LogP contribution is -2.61. The standard InChI is InChI=1S/C48H41BN2O8/c1-48(2,3)30-6-4-28(5-7-30)29-20-37-47-38(21-29)51(32-9-11-40-42(23-32)55-15-13-53-40)36-27-46-44(57-17-19-59-46)25-34(36)49(47)33-24-43-45(58-18-16-56-43)26-35(33)50(37)31-8-10-39-41(22-31)54-14-12-52-39/h4-11,20-27H,12-19H2,1-3H3. The highest BCUT2D eigenvalue weighted by Crippen LogP contribution is 2.51. The third kappa shape index (κ3) is 5.47. The van der Waals surface area contributed by atoms with Gasteiger partial charge in [0.25, 0.3) is 6.71 Å². The van der Waals surface area contributed by atoms with E-state index in [4.69, 9.17) is 37.9 Å². The molecule has 0 saturated heterocycles. The topological polar surface area (TPSA) is 80.3 Å². The Balaban J connectivity index is 1.18. The van der Waals surface area contributed by atoms with Gasteiger partial charge in [0.15, 0.2) is 46.0 Å². The molecule has 6 aromatic carbocycles. The molecule has 0 fully saturated rings. The maximum absolute atomic E-state index is 6.31. The van der Waals surface area contributed by atoms with E-state index in [1.54, 1.807) is 0 Å². The van der Waals surface area contributed by atoms with Crippen molar-refractivity contribution in [3.8, 4) is 57.1 Å². The van der Waals surface area contributed by atoms with E-state index >= 15 is 0 Å². The minimum absolute atomic E-state index is 0.0148. The molecule has 12 rings (SSSR count). The highest BCUT2D eigenvalue weighted by molar-refractivity contribution is 7.00. The second-order valence-corrected chi connectivity index (χ2v) is 16.6. The monoisotopic (exact) mass is 784 g/mol. The molecule has 6 heterocycles. The minimum Gasteiger partial charge on any atom is -0.486 e. The van der Waals surface area contributed by atoms with Gasteiger partial charge >= 0.3 is 0 Å². The Labute approximate surface area is 342 Å². The van der Waals surface area contributed by atoms with Crippen molar-refractivity contribution in [3.05, 3.63) is 103 Å². The lowest BCUT2D eigenvalue weighted by Gasteiger charge is -2.45. The van der Waals surface area contributed by atoms with Crippen LogP contribution in [-0.2, 0) is 5.41 Å². The van der Waals surface area contributed by atoms with Crippen LogP contribution in [0.15, 0.2) is 97.1 Å². The van der Waals surface area contributed by atoms with Crippen LogP contribution in [0.5, 0.6) is 46.0 Å². The fourth-order valence-corrected chi connectivity index (χ4v) is 9.29. The van der Waals surface area contributed by atoms with Crippen LogP contribution in [0.3, 0.4) is 0 Å². The maximum Gasteiger partial charge on any atom is 0.252 e. The summed E-state index contributed by atoms with van der Waals surface area (Å²) in [6.45, 7) is 10.5. The van der Waals surface area contributed by atoms with Crippen LogP contribution in [0.1, 0.15) is 26.3 Å². The van der Waals surface area contributed by atoms with Crippen molar-refractivity contribution in [2.75, 3.05) is 62.7 Å². The van der Waals surface area contributed by atoms with E-state index in [0.29, 0.717) is 75.9 Å². The molecule has 0 amide bonds. The van der Waals surface area contributed by atoms with Crippen LogP contribution in [0.4, 0.5) is 34.1 Å². The summed E-state index contributed by atoms with van der Waals surface area (Å²) in [5.74, 6) is 5.78. The van der Waals surface area contributed by atoms with E-state index in [-0.39, 0.29) is 12.1 Å². The van der Waals surface area contributed by atoms with Gasteiger partial charge in [0.2, 0.25) is 0 Å². The van der Waals surface area contributed by atoms with Gasteiger partial charge in [-0.3, -0.25) is 0 Å². The van der Waals surface area contributed by atoms with Crippen molar-refractivity contribution in [3.63, 3.8) is 0 Å². The molecule has 0 aromatic heterocycles. The highest BCUT2D eigenvalue weighted by Gasteiger charge is 2.46. The summed E-state index contributed by atoms with van der Waals surface area (Å²) in [5.41, 5.74) is 12.7. The molecular formula is C48H41BN2O8. The summed E-state index contributed by atoms with van der Waals surface area (Å²) in [6.07, 6.45) is 0. The van der Waals surface area contributed by atoms with Crippen molar-refractivity contribution in [1.82, 2.24) is 0 Å². The number of fused-ring (bicyclic) bond motifs is 8. The Morgan fingerprint density at radius 2 is 0.780 bits per heavy atom. The van der Waals surface area contributed by atoms with Gasteiger partial charge in [0, 0.05) is 47.0 Å². The zero-order valence-electron chi connectivity index (χ0n) is 33.1. The van der Waals surface area contributed by atoms with E-state index in [9.17, 15) is 0 Å². The van der Waals surface area contributed by atoms with Crippen molar-refractivity contribution >= 4 is 57.2 Å². The molecule has 0 aliphatic carbocycles. The van der Waals surface area contributed by atoms with E-state index in [1.807, 2.05) is 12.1 Å². The predicted octanol–water partition coefficient (Wildman–Crippen LogP) is 7.82. The molecule has 59 heavy (non-hydrogen) atoms. The minimum atomic E-state index is -0.212. The summed E-state index contributed by atoms with van der Waals surface area (Å²) in [4.78, 5) is 4.69.